The van der Waals surface area contributed by atoms with E-state index in [9.17, 15) is 19.5 Å². The van der Waals surface area contributed by atoms with Crippen molar-refractivity contribution in [2.45, 2.75) is 476 Å². The minimum absolute atomic E-state index is 0.175. The number of quaternary nitrogens is 1. The monoisotopic (exact) mass is 1450 g/mol. The Balaban J connectivity index is 3.88. The first kappa shape index (κ1) is 100.0. The maximum atomic E-state index is 13.0. The van der Waals surface area contributed by atoms with Gasteiger partial charge in [-0.2, -0.15) is 0 Å². The van der Waals surface area contributed by atoms with Crippen LogP contribution in [0.3, 0.4) is 0 Å². The molecular weight excluding hydrogens is 1270 g/mol. The molecule has 0 saturated carbocycles. The summed E-state index contributed by atoms with van der Waals surface area (Å²) in [6.45, 7) is 4.85. The van der Waals surface area contributed by atoms with Crippen LogP contribution in [0.4, 0.5) is 0 Å². The SMILES string of the molecule is CC/C=C\C/C=C\C/C=C\C/C=C\CCCCCCCCCCCCCCCCCCCCCCCCCCC(=O)OC(COC(=O)CCCCCCCCCCCCCCCCCCCCCCCCCCCCCCC/C=C\CCCCCCCCCC)COC(OCC[N+](C)(C)C)C(=O)O. The normalized spacial score (nSPS) is 12.8. The molecule has 2 atom stereocenters. The summed E-state index contributed by atoms with van der Waals surface area (Å²) in [4.78, 5) is 37.8. The third-order valence-electron chi connectivity index (χ3n) is 20.8. The average molecular weight is 1450 g/mol. The molecule has 0 aromatic carbocycles. The van der Waals surface area contributed by atoms with Crippen molar-refractivity contribution in [3.8, 4) is 0 Å². The largest absolute Gasteiger partial charge is 0.477 e. The number of esters is 2. The van der Waals surface area contributed by atoms with Gasteiger partial charge < -0.3 is 28.5 Å². The molecule has 9 nitrogen and oxygen atoms in total. The summed E-state index contributed by atoms with van der Waals surface area (Å²) in [6, 6.07) is 0. The van der Waals surface area contributed by atoms with Gasteiger partial charge in [-0.25, -0.2) is 4.79 Å². The number of ether oxygens (including phenoxy) is 4. The van der Waals surface area contributed by atoms with Gasteiger partial charge in [0.15, 0.2) is 6.10 Å². The number of carbonyl (C=O) groups is 3. The Hall–Kier alpha value is -3.01. The Morgan fingerprint density at radius 2 is 0.553 bits per heavy atom. The van der Waals surface area contributed by atoms with Gasteiger partial charge in [-0.05, 0) is 77.0 Å². The second-order valence-corrected chi connectivity index (χ2v) is 32.2. The molecule has 0 saturated heterocycles. The molecule has 0 radical (unpaired) electrons. The minimum atomic E-state index is -1.51. The van der Waals surface area contributed by atoms with Crippen LogP contribution in [-0.4, -0.2) is 87.4 Å². The molecule has 0 bridgehead atoms. The van der Waals surface area contributed by atoms with Crippen molar-refractivity contribution in [2.75, 3.05) is 47.5 Å². The summed E-state index contributed by atoms with van der Waals surface area (Å²) in [6.07, 6.45) is 112. The van der Waals surface area contributed by atoms with Crippen molar-refractivity contribution in [3.63, 3.8) is 0 Å². The van der Waals surface area contributed by atoms with E-state index >= 15 is 0 Å². The number of hydrogen-bond donors (Lipinski definition) is 1. The first-order valence-electron chi connectivity index (χ1n) is 45.5. The molecule has 0 fully saturated rings. The van der Waals surface area contributed by atoms with E-state index in [0.717, 1.165) is 64.2 Å². The lowest BCUT2D eigenvalue weighted by Crippen LogP contribution is -2.40. The number of hydrogen-bond acceptors (Lipinski definition) is 7. The van der Waals surface area contributed by atoms with E-state index in [1.54, 1.807) is 0 Å². The molecule has 0 rings (SSSR count). The molecule has 2 unspecified atom stereocenters. The van der Waals surface area contributed by atoms with Gasteiger partial charge >= 0.3 is 17.9 Å². The first-order valence-corrected chi connectivity index (χ1v) is 45.5. The van der Waals surface area contributed by atoms with Gasteiger partial charge in [0.05, 0.1) is 34.4 Å². The number of nitrogens with zero attached hydrogens (tertiary/aromatic N) is 1. The van der Waals surface area contributed by atoms with Crippen molar-refractivity contribution >= 4 is 17.9 Å². The summed E-state index contributed by atoms with van der Waals surface area (Å²) in [5.41, 5.74) is 0. The van der Waals surface area contributed by atoms with Gasteiger partial charge in [0.25, 0.3) is 6.29 Å². The molecule has 1 N–H and O–H groups in total. The molecule has 0 aliphatic heterocycles. The van der Waals surface area contributed by atoms with E-state index in [4.69, 9.17) is 18.9 Å². The van der Waals surface area contributed by atoms with Crippen molar-refractivity contribution in [3.05, 3.63) is 60.8 Å². The Morgan fingerprint density at radius 3 is 0.835 bits per heavy atom. The van der Waals surface area contributed by atoms with Gasteiger partial charge in [0, 0.05) is 12.8 Å². The van der Waals surface area contributed by atoms with Crippen LogP contribution in [0.15, 0.2) is 60.8 Å². The Bertz CT molecular complexity index is 1880. The summed E-state index contributed by atoms with van der Waals surface area (Å²) in [7, 11) is 6.01. The quantitative estimate of drug-likeness (QED) is 0.0211. The smallest absolute Gasteiger partial charge is 0.361 e. The summed E-state index contributed by atoms with van der Waals surface area (Å²) < 4.78 is 23.1. The van der Waals surface area contributed by atoms with Crippen LogP contribution in [0.2, 0.25) is 0 Å². The number of rotatable bonds is 86. The average Bonchev–Trinajstić information content (AvgIpc) is 1.16. The molecule has 0 amide bonds. The summed E-state index contributed by atoms with van der Waals surface area (Å²) in [5.74, 6) is -1.97. The number of carboxylic acids is 1. The lowest BCUT2D eigenvalue weighted by Gasteiger charge is -2.25. The summed E-state index contributed by atoms with van der Waals surface area (Å²) >= 11 is 0. The molecule has 604 valence electrons. The second-order valence-electron chi connectivity index (χ2n) is 32.2. The maximum Gasteiger partial charge on any atom is 0.361 e. The Morgan fingerprint density at radius 1 is 0.301 bits per heavy atom. The number of allylic oxidation sites excluding steroid dienone is 10. The topological polar surface area (TPSA) is 108 Å². The van der Waals surface area contributed by atoms with Gasteiger partial charge in [-0.15, -0.1) is 0 Å². The fourth-order valence-corrected chi connectivity index (χ4v) is 13.9. The maximum absolute atomic E-state index is 13.0. The second kappa shape index (κ2) is 84.6. The molecular formula is C94H176NO8+. The van der Waals surface area contributed by atoms with E-state index in [-0.39, 0.29) is 38.2 Å². The van der Waals surface area contributed by atoms with Crippen LogP contribution in [0, 0.1) is 0 Å². The highest BCUT2D eigenvalue weighted by Gasteiger charge is 2.25. The van der Waals surface area contributed by atoms with Gasteiger partial charge in [-0.3, -0.25) is 9.59 Å². The van der Waals surface area contributed by atoms with E-state index in [1.165, 1.54) is 372 Å². The molecule has 0 aliphatic carbocycles. The third-order valence-corrected chi connectivity index (χ3v) is 20.8. The lowest BCUT2D eigenvalue weighted by molar-refractivity contribution is -0.870. The molecule has 0 aliphatic rings. The van der Waals surface area contributed by atoms with E-state index in [2.05, 4.69) is 74.6 Å². The highest BCUT2D eigenvalue weighted by molar-refractivity contribution is 5.71. The minimum Gasteiger partial charge on any atom is -0.477 e. The van der Waals surface area contributed by atoms with Crippen molar-refractivity contribution in [1.82, 2.24) is 0 Å². The Labute approximate surface area is 641 Å². The third kappa shape index (κ3) is 86.1. The van der Waals surface area contributed by atoms with Crippen LogP contribution in [-0.2, 0) is 33.3 Å². The fourth-order valence-electron chi connectivity index (χ4n) is 13.9. The van der Waals surface area contributed by atoms with Crippen LogP contribution in [0.1, 0.15) is 463 Å². The zero-order valence-corrected chi connectivity index (χ0v) is 69.5. The predicted octanol–water partition coefficient (Wildman–Crippen LogP) is 29.7. The number of unbranched alkanes of at least 4 members (excludes halogenated alkanes) is 61. The number of aliphatic carboxylic acids is 1. The van der Waals surface area contributed by atoms with Gasteiger partial charge in [-0.1, -0.05) is 434 Å². The molecule has 0 aromatic heterocycles. The molecule has 0 heterocycles. The Kier molecular flexibility index (Phi) is 82.1. The summed E-state index contributed by atoms with van der Waals surface area (Å²) in [5, 5.41) is 9.80. The van der Waals surface area contributed by atoms with Crippen LogP contribution >= 0.6 is 0 Å². The number of carboxylic acid groups (broad SMARTS) is 1. The standard InChI is InChI=1S/C94H175NO8/c1-6-8-10-12-14-16-18-20-22-24-26-28-30-32-34-36-38-40-42-44-45-46-47-49-50-52-54-56-58-60-62-64-66-68-70-72-74-76-78-80-82-84-91(96)101-88-90(89-102-94(93(98)99)100-87-86-95(3,4)5)103-92(97)85-83-81-79-77-75-73-71-69-67-65-63-61-59-57-55-53-51-48-43-41-39-37-35-33-31-29-27-25-23-21-19-17-15-13-11-9-7-2/h9,11,15,17,21,23-24,26-27,29,90,94H,6-8,10,12-14,16,18-20,22,25,28,30-89H2,1-5H3/p+1/b11-9-,17-15-,23-21-,26-24-,29-27-. The molecule has 0 spiro atoms. The van der Waals surface area contributed by atoms with Crippen LogP contribution < -0.4 is 0 Å². The zero-order chi connectivity index (χ0) is 74.6. The zero-order valence-electron chi connectivity index (χ0n) is 69.5. The van der Waals surface area contributed by atoms with Crippen LogP contribution in [0.5, 0.6) is 0 Å². The van der Waals surface area contributed by atoms with Crippen molar-refractivity contribution < 1.29 is 42.9 Å². The molecule has 0 aromatic rings. The number of carbonyl (C=O) groups excluding carboxylic acids is 2. The molecule has 9 heteroatoms. The lowest BCUT2D eigenvalue weighted by atomic mass is 10.0. The number of likely N-dealkylation sites (N-methyl/N-ethyl adjacent to an activating group) is 1. The van der Waals surface area contributed by atoms with E-state index < -0.39 is 18.4 Å². The highest BCUT2D eigenvalue weighted by atomic mass is 16.7. The van der Waals surface area contributed by atoms with Crippen LogP contribution in [0.25, 0.3) is 0 Å². The van der Waals surface area contributed by atoms with Crippen molar-refractivity contribution in [1.29, 1.82) is 0 Å². The van der Waals surface area contributed by atoms with E-state index in [0.29, 0.717) is 17.4 Å². The van der Waals surface area contributed by atoms with Gasteiger partial charge in [0.1, 0.15) is 13.2 Å². The first-order chi connectivity index (χ1) is 50.6. The van der Waals surface area contributed by atoms with E-state index in [1.807, 2.05) is 21.1 Å². The highest BCUT2D eigenvalue weighted by Crippen LogP contribution is 2.21. The fraction of sp³-hybridized carbons (Fsp3) is 0.862. The molecule has 103 heavy (non-hydrogen) atoms. The predicted molar refractivity (Wildman–Crippen MR) is 447 cm³/mol. The van der Waals surface area contributed by atoms with Crippen molar-refractivity contribution in [2.24, 2.45) is 0 Å². The van der Waals surface area contributed by atoms with Gasteiger partial charge in [0.2, 0.25) is 0 Å².